The molecular weight excluding hydrogens is 438 g/mol. The van der Waals surface area contributed by atoms with Crippen molar-refractivity contribution in [1.82, 2.24) is 19.7 Å². The van der Waals surface area contributed by atoms with E-state index in [0.29, 0.717) is 12.2 Å². The Morgan fingerprint density at radius 2 is 2.06 bits per heavy atom. The lowest BCUT2D eigenvalue weighted by atomic mass is 10.0. The van der Waals surface area contributed by atoms with Gasteiger partial charge in [0.2, 0.25) is 0 Å². The molecule has 4 aromatic rings. The molecule has 5 rings (SSSR count). The Kier molecular flexibility index (Phi) is 5.84. The zero-order chi connectivity index (χ0) is 22.2. The summed E-state index contributed by atoms with van der Waals surface area (Å²) in [6, 6.07) is 10.1. The van der Waals surface area contributed by atoms with Gasteiger partial charge < -0.3 is 5.32 Å². The van der Waals surface area contributed by atoms with Gasteiger partial charge in [0.05, 0.1) is 15.9 Å². The van der Waals surface area contributed by atoms with Crippen molar-refractivity contribution < 1.29 is 4.79 Å². The lowest BCUT2D eigenvalue weighted by Gasteiger charge is -2.26. The molecule has 1 aromatic carbocycles. The van der Waals surface area contributed by atoms with Crippen LogP contribution in [0.4, 0.5) is 5.00 Å². The number of hydrogen-bond acceptors (Lipinski definition) is 6. The molecule has 8 heteroatoms. The second-order valence-electron chi connectivity index (χ2n) is 8.16. The lowest BCUT2D eigenvalue weighted by molar-refractivity contribution is 0.101. The van der Waals surface area contributed by atoms with E-state index < -0.39 is 0 Å². The first-order valence-electron chi connectivity index (χ1n) is 11.2. The largest absolute Gasteiger partial charge is 0.312 e. The number of rotatable bonds is 6. The number of nitrogens with one attached hydrogen (secondary N) is 1. The molecule has 1 amide bonds. The standard InChI is InChI=1S/C24H27N5OS2/c1-4-11-28-12-10-16-20(14-28)32-24(26-22(30)18-13-15(3)27-29(18)5-2)21(16)23-25-17-8-6-7-9-19(17)31-23/h6-9,13H,4-5,10-12,14H2,1-3H3,(H,26,30). The minimum absolute atomic E-state index is 0.112. The number of hydrogen-bond donors (Lipinski definition) is 1. The zero-order valence-electron chi connectivity index (χ0n) is 18.6. The van der Waals surface area contributed by atoms with Crippen LogP contribution >= 0.6 is 22.7 Å². The first kappa shape index (κ1) is 21.3. The van der Waals surface area contributed by atoms with Crippen LogP contribution in [0.15, 0.2) is 30.3 Å². The number of aromatic nitrogens is 3. The van der Waals surface area contributed by atoms with Crippen LogP contribution < -0.4 is 5.32 Å². The maximum Gasteiger partial charge on any atom is 0.274 e. The summed E-state index contributed by atoms with van der Waals surface area (Å²) in [6.07, 6.45) is 2.13. The summed E-state index contributed by atoms with van der Waals surface area (Å²) >= 11 is 3.40. The van der Waals surface area contributed by atoms with Crippen LogP contribution in [0.3, 0.4) is 0 Å². The smallest absolute Gasteiger partial charge is 0.274 e. The van der Waals surface area contributed by atoms with E-state index in [9.17, 15) is 4.79 Å². The van der Waals surface area contributed by atoms with E-state index in [1.54, 1.807) is 27.4 Å². The van der Waals surface area contributed by atoms with Crippen LogP contribution in [0.1, 0.15) is 46.9 Å². The van der Waals surface area contributed by atoms with Crippen LogP contribution in [0.25, 0.3) is 20.8 Å². The van der Waals surface area contributed by atoms with Crippen molar-refractivity contribution in [3.05, 3.63) is 52.2 Å². The molecular formula is C24H27N5OS2. The summed E-state index contributed by atoms with van der Waals surface area (Å²) < 4.78 is 2.93. The SMILES string of the molecule is CCCN1CCc2c(sc(NC(=O)c3cc(C)nn3CC)c2-c2nc3ccccc3s2)C1. The molecule has 1 aliphatic rings. The Labute approximate surface area is 195 Å². The molecule has 0 spiro atoms. The Balaban J connectivity index is 1.57. The predicted molar refractivity (Wildman–Crippen MR) is 133 cm³/mol. The molecule has 6 nitrogen and oxygen atoms in total. The monoisotopic (exact) mass is 465 g/mol. The van der Waals surface area contributed by atoms with Crippen LogP contribution in [-0.2, 0) is 19.5 Å². The number of carbonyl (C=O) groups is 1. The third-order valence-electron chi connectivity index (χ3n) is 5.84. The molecule has 0 aliphatic carbocycles. The average molecular weight is 466 g/mol. The number of fused-ring (bicyclic) bond motifs is 2. The van der Waals surface area contributed by atoms with Crippen molar-refractivity contribution in [2.75, 3.05) is 18.4 Å². The maximum absolute atomic E-state index is 13.2. The Morgan fingerprint density at radius 1 is 1.22 bits per heavy atom. The fourth-order valence-electron chi connectivity index (χ4n) is 4.39. The van der Waals surface area contributed by atoms with E-state index in [2.05, 4.69) is 34.4 Å². The minimum atomic E-state index is -0.112. The van der Waals surface area contributed by atoms with Gasteiger partial charge >= 0.3 is 0 Å². The van der Waals surface area contributed by atoms with Crippen molar-refractivity contribution in [2.45, 2.75) is 46.7 Å². The number of nitrogens with zero attached hydrogens (tertiary/aromatic N) is 4. The van der Waals surface area contributed by atoms with Gasteiger partial charge in [-0.25, -0.2) is 4.98 Å². The van der Waals surface area contributed by atoms with Gasteiger partial charge in [-0.15, -0.1) is 22.7 Å². The number of amides is 1. The minimum Gasteiger partial charge on any atom is -0.312 e. The molecule has 1 aliphatic heterocycles. The number of thiophene rings is 1. The van der Waals surface area contributed by atoms with Crippen LogP contribution in [0.5, 0.6) is 0 Å². The number of carbonyl (C=O) groups excluding carboxylic acids is 1. The predicted octanol–water partition coefficient (Wildman–Crippen LogP) is 5.57. The van der Waals surface area contributed by atoms with E-state index in [0.717, 1.165) is 59.3 Å². The molecule has 4 heterocycles. The van der Waals surface area contributed by atoms with Gasteiger partial charge in [0.25, 0.3) is 5.91 Å². The van der Waals surface area contributed by atoms with Gasteiger partial charge in [0, 0.05) is 30.1 Å². The molecule has 0 saturated heterocycles. The Morgan fingerprint density at radius 3 is 2.84 bits per heavy atom. The quantitative estimate of drug-likeness (QED) is 0.404. The van der Waals surface area contributed by atoms with Crippen molar-refractivity contribution in [3.63, 3.8) is 0 Å². The highest BCUT2D eigenvalue weighted by Gasteiger charge is 2.28. The van der Waals surface area contributed by atoms with E-state index in [-0.39, 0.29) is 5.91 Å². The third kappa shape index (κ3) is 3.87. The first-order valence-corrected chi connectivity index (χ1v) is 12.8. The molecule has 0 saturated carbocycles. The summed E-state index contributed by atoms with van der Waals surface area (Å²) in [4.78, 5) is 22.0. The summed E-state index contributed by atoms with van der Waals surface area (Å²) in [7, 11) is 0. The average Bonchev–Trinajstić information content (AvgIpc) is 3.47. The second-order valence-corrected chi connectivity index (χ2v) is 10.3. The van der Waals surface area contributed by atoms with Crippen molar-refractivity contribution in [2.24, 2.45) is 0 Å². The zero-order valence-corrected chi connectivity index (χ0v) is 20.3. The van der Waals surface area contributed by atoms with Crippen LogP contribution in [0.2, 0.25) is 0 Å². The second kappa shape index (κ2) is 8.77. The van der Waals surface area contributed by atoms with Gasteiger partial charge in [-0.1, -0.05) is 19.1 Å². The van der Waals surface area contributed by atoms with E-state index in [1.165, 1.54) is 15.1 Å². The highest BCUT2D eigenvalue weighted by Crippen LogP contribution is 2.45. The third-order valence-corrected chi connectivity index (χ3v) is 8.03. The van der Waals surface area contributed by atoms with Crippen molar-refractivity contribution in [3.8, 4) is 10.6 Å². The molecule has 0 radical (unpaired) electrons. The molecule has 0 bridgehead atoms. The van der Waals surface area contributed by atoms with Gasteiger partial charge in [0.1, 0.15) is 15.7 Å². The van der Waals surface area contributed by atoms with Gasteiger partial charge in [-0.05, 0) is 57.0 Å². The fraction of sp³-hybridized carbons (Fsp3) is 0.375. The lowest BCUT2D eigenvalue weighted by Crippen LogP contribution is -2.30. The Hall–Kier alpha value is -2.55. The van der Waals surface area contributed by atoms with E-state index in [1.807, 2.05) is 32.0 Å². The molecule has 3 aromatic heterocycles. The van der Waals surface area contributed by atoms with E-state index >= 15 is 0 Å². The van der Waals surface area contributed by atoms with Crippen molar-refractivity contribution >= 4 is 43.8 Å². The van der Waals surface area contributed by atoms with Crippen LogP contribution in [0, 0.1) is 6.92 Å². The molecule has 0 fully saturated rings. The van der Waals surface area contributed by atoms with Crippen LogP contribution in [-0.4, -0.2) is 38.7 Å². The van der Waals surface area contributed by atoms with Gasteiger partial charge in [-0.3, -0.25) is 14.4 Å². The topological polar surface area (TPSA) is 63.1 Å². The molecule has 0 unspecified atom stereocenters. The summed E-state index contributed by atoms with van der Waals surface area (Å²) in [5.74, 6) is -0.112. The van der Waals surface area contributed by atoms with Gasteiger partial charge in [0.15, 0.2) is 0 Å². The number of aryl methyl sites for hydroxylation is 2. The first-order chi connectivity index (χ1) is 15.6. The summed E-state index contributed by atoms with van der Waals surface area (Å²) in [5, 5.41) is 9.56. The number of thiazole rings is 1. The number of anilines is 1. The van der Waals surface area contributed by atoms with Crippen molar-refractivity contribution in [1.29, 1.82) is 0 Å². The molecule has 1 N–H and O–H groups in total. The highest BCUT2D eigenvalue weighted by molar-refractivity contribution is 7.23. The number of benzene rings is 1. The Bertz CT molecular complexity index is 1250. The number of para-hydroxylation sites is 1. The highest BCUT2D eigenvalue weighted by atomic mass is 32.1. The van der Waals surface area contributed by atoms with E-state index in [4.69, 9.17) is 4.98 Å². The molecule has 32 heavy (non-hydrogen) atoms. The molecule has 166 valence electrons. The molecule has 0 atom stereocenters. The normalized spacial score (nSPS) is 14.1. The maximum atomic E-state index is 13.2. The summed E-state index contributed by atoms with van der Waals surface area (Å²) in [6.45, 7) is 9.89. The van der Waals surface area contributed by atoms with Gasteiger partial charge in [-0.2, -0.15) is 5.10 Å². The summed E-state index contributed by atoms with van der Waals surface area (Å²) in [5.41, 5.74) is 4.91. The fourth-order valence-corrected chi connectivity index (χ4v) is 6.79.